The average Bonchev–Trinajstić information content (AvgIpc) is 2.94. The van der Waals surface area contributed by atoms with Gasteiger partial charge in [-0.05, 0) is 27.9 Å². The van der Waals surface area contributed by atoms with E-state index in [0.29, 0.717) is 5.16 Å². The summed E-state index contributed by atoms with van der Waals surface area (Å²) in [5.41, 5.74) is 0.812. The summed E-state index contributed by atoms with van der Waals surface area (Å²) in [4.78, 5) is 10.7. The summed E-state index contributed by atoms with van der Waals surface area (Å²) in [5.74, 6) is -0.996. The largest absolute Gasteiger partial charge is 0.481 e. The highest BCUT2D eigenvalue weighted by Crippen LogP contribution is 2.30. The second-order valence-corrected chi connectivity index (χ2v) is 5.96. The Balaban J connectivity index is 2.11. The molecular weight excluding hydrogens is 356 g/mol. The molecule has 1 N–H and O–H groups in total. The summed E-state index contributed by atoms with van der Waals surface area (Å²) < 4.78 is 2.54. The topological polar surface area (TPSA) is 80.9 Å². The van der Waals surface area contributed by atoms with Crippen LogP contribution in [0.5, 0.6) is 0 Å². The number of carboxylic acid groups (broad SMARTS) is 1. The van der Waals surface area contributed by atoms with Crippen LogP contribution in [0.4, 0.5) is 0 Å². The first-order valence-corrected chi connectivity index (χ1v) is 7.75. The molecule has 0 unspecified atom stereocenters. The molecule has 0 atom stereocenters. The van der Waals surface area contributed by atoms with Crippen molar-refractivity contribution in [1.82, 2.24) is 20.2 Å². The quantitative estimate of drug-likeness (QED) is 0.716. The lowest BCUT2D eigenvalue weighted by atomic mass is 10.1. The number of nitrogens with zero attached hydrogens (tertiary/aromatic N) is 4. The molecule has 0 aliphatic heterocycles. The Morgan fingerprint density at radius 3 is 2.76 bits per heavy atom. The van der Waals surface area contributed by atoms with Gasteiger partial charge in [-0.1, -0.05) is 52.0 Å². The van der Waals surface area contributed by atoms with Gasteiger partial charge in [0.1, 0.15) is 0 Å². The first kappa shape index (κ1) is 14.0. The molecule has 3 rings (SSSR count). The van der Waals surface area contributed by atoms with Gasteiger partial charge in [-0.2, -0.15) is 4.68 Å². The van der Waals surface area contributed by atoms with Crippen LogP contribution in [0, 0.1) is 0 Å². The van der Waals surface area contributed by atoms with Gasteiger partial charge in [0, 0.05) is 9.86 Å². The van der Waals surface area contributed by atoms with E-state index in [9.17, 15) is 4.79 Å². The van der Waals surface area contributed by atoms with E-state index in [1.165, 1.54) is 0 Å². The van der Waals surface area contributed by atoms with Crippen molar-refractivity contribution in [3.8, 4) is 5.69 Å². The molecule has 0 saturated heterocycles. The monoisotopic (exact) mass is 364 g/mol. The minimum Gasteiger partial charge on any atom is -0.481 e. The van der Waals surface area contributed by atoms with Crippen molar-refractivity contribution < 1.29 is 9.90 Å². The van der Waals surface area contributed by atoms with Crippen molar-refractivity contribution in [1.29, 1.82) is 0 Å². The first-order chi connectivity index (χ1) is 10.2. The molecule has 2 aromatic carbocycles. The highest BCUT2D eigenvalue weighted by molar-refractivity contribution is 9.10. The van der Waals surface area contributed by atoms with E-state index in [1.54, 1.807) is 4.68 Å². The lowest BCUT2D eigenvalue weighted by molar-refractivity contribution is -0.133. The van der Waals surface area contributed by atoms with E-state index in [-0.39, 0.29) is 5.75 Å². The van der Waals surface area contributed by atoms with Crippen molar-refractivity contribution >= 4 is 44.4 Å². The molecule has 0 saturated carbocycles. The Morgan fingerprint density at radius 1 is 1.24 bits per heavy atom. The van der Waals surface area contributed by atoms with Gasteiger partial charge in [0.25, 0.3) is 0 Å². The number of rotatable bonds is 4. The second-order valence-electron chi connectivity index (χ2n) is 4.17. The Morgan fingerprint density at radius 2 is 2.00 bits per heavy atom. The van der Waals surface area contributed by atoms with Crippen molar-refractivity contribution in [3.63, 3.8) is 0 Å². The Hall–Kier alpha value is -1.93. The summed E-state index contributed by atoms with van der Waals surface area (Å²) >= 11 is 4.60. The van der Waals surface area contributed by atoms with Gasteiger partial charge in [-0.15, -0.1) is 5.10 Å². The van der Waals surface area contributed by atoms with E-state index in [2.05, 4.69) is 31.5 Å². The van der Waals surface area contributed by atoms with Gasteiger partial charge >= 0.3 is 5.97 Å². The normalized spacial score (nSPS) is 10.9. The van der Waals surface area contributed by atoms with Crippen LogP contribution >= 0.6 is 27.7 Å². The van der Waals surface area contributed by atoms with E-state index in [0.717, 1.165) is 32.7 Å². The molecular formula is C13H9BrN4O2S. The third-order valence-corrected chi connectivity index (χ3v) is 4.44. The zero-order chi connectivity index (χ0) is 14.8. The molecule has 0 bridgehead atoms. The van der Waals surface area contributed by atoms with Crippen molar-refractivity contribution in [2.75, 3.05) is 5.75 Å². The highest BCUT2D eigenvalue weighted by atomic mass is 79.9. The molecule has 0 radical (unpaired) electrons. The van der Waals surface area contributed by atoms with E-state index < -0.39 is 5.97 Å². The molecule has 0 aliphatic carbocycles. The summed E-state index contributed by atoms with van der Waals surface area (Å²) in [7, 11) is 0. The molecule has 106 valence electrons. The van der Waals surface area contributed by atoms with Crippen LogP contribution in [0.1, 0.15) is 0 Å². The number of halogens is 1. The maximum atomic E-state index is 10.7. The zero-order valence-corrected chi connectivity index (χ0v) is 13.0. The van der Waals surface area contributed by atoms with Crippen molar-refractivity contribution in [3.05, 3.63) is 40.9 Å². The van der Waals surface area contributed by atoms with Crippen molar-refractivity contribution in [2.45, 2.75) is 5.16 Å². The van der Waals surface area contributed by atoms with Crippen LogP contribution in [0.3, 0.4) is 0 Å². The van der Waals surface area contributed by atoms with E-state index in [1.807, 2.05) is 36.4 Å². The Bertz CT molecular complexity index is 821. The molecule has 0 aliphatic rings. The predicted molar refractivity (Wildman–Crippen MR) is 82.7 cm³/mol. The van der Waals surface area contributed by atoms with Gasteiger partial charge in [-0.25, -0.2) is 0 Å². The van der Waals surface area contributed by atoms with Crippen LogP contribution in [0.2, 0.25) is 0 Å². The number of aromatic nitrogens is 4. The number of carbonyl (C=O) groups is 1. The van der Waals surface area contributed by atoms with Gasteiger partial charge in [0.15, 0.2) is 0 Å². The Labute approximate surface area is 132 Å². The fraction of sp³-hybridized carbons (Fsp3) is 0.0769. The number of carboxylic acids is 1. The van der Waals surface area contributed by atoms with Crippen LogP contribution < -0.4 is 0 Å². The minimum atomic E-state index is -0.907. The number of hydrogen-bond donors (Lipinski definition) is 1. The molecule has 6 nitrogen and oxygen atoms in total. The zero-order valence-electron chi connectivity index (χ0n) is 10.6. The molecule has 0 fully saturated rings. The molecule has 3 aromatic rings. The summed E-state index contributed by atoms with van der Waals surface area (Å²) in [6.07, 6.45) is 0. The molecule has 1 aromatic heterocycles. The number of aliphatic carboxylic acids is 1. The van der Waals surface area contributed by atoms with Crippen LogP contribution in [0.25, 0.3) is 16.5 Å². The number of hydrogen-bond acceptors (Lipinski definition) is 5. The van der Waals surface area contributed by atoms with Gasteiger partial charge in [-0.3, -0.25) is 4.79 Å². The molecule has 0 amide bonds. The second kappa shape index (κ2) is 5.82. The number of fused-ring (bicyclic) bond motifs is 1. The Kier molecular flexibility index (Phi) is 3.89. The number of thioether (sulfide) groups is 1. The summed E-state index contributed by atoms with van der Waals surface area (Å²) in [5, 5.41) is 22.7. The number of benzene rings is 2. The lowest BCUT2D eigenvalue weighted by Gasteiger charge is -2.08. The molecule has 0 spiro atoms. The van der Waals surface area contributed by atoms with Crippen LogP contribution in [-0.2, 0) is 4.79 Å². The molecule has 1 heterocycles. The third-order valence-electron chi connectivity index (χ3n) is 2.84. The average molecular weight is 365 g/mol. The predicted octanol–water partition coefficient (Wildman–Crippen LogP) is 2.75. The standard InChI is InChI=1S/C13H9BrN4O2S/c14-10-5-6-11(9-4-2-1-3-8(9)10)18-13(15-16-17-18)21-7-12(19)20/h1-6H,7H2,(H,19,20). The lowest BCUT2D eigenvalue weighted by Crippen LogP contribution is -2.03. The minimum absolute atomic E-state index is 0.0885. The maximum Gasteiger partial charge on any atom is 0.313 e. The summed E-state index contributed by atoms with van der Waals surface area (Å²) in [6, 6.07) is 11.7. The van der Waals surface area contributed by atoms with Gasteiger partial charge in [0.2, 0.25) is 5.16 Å². The first-order valence-electron chi connectivity index (χ1n) is 5.97. The highest BCUT2D eigenvalue weighted by Gasteiger charge is 2.13. The van der Waals surface area contributed by atoms with Crippen molar-refractivity contribution in [2.24, 2.45) is 0 Å². The van der Waals surface area contributed by atoms with E-state index in [4.69, 9.17) is 5.11 Å². The van der Waals surface area contributed by atoms with Gasteiger partial charge in [0.05, 0.1) is 11.4 Å². The van der Waals surface area contributed by atoms with Gasteiger partial charge < -0.3 is 5.11 Å². The SMILES string of the molecule is O=C(O)CSc1nnnn1-c1ccc(Br)c2ccccc12. The third kappa shape index (κ3) is 2.77. The fourth-order valence-corrected chi connectivity index (χ4v) is 3.06. The van der Waals surface area contributed by atoms with Crippen LogP contribution in [0.15, 0.2) is 46.0 Å². The van der Waals surface area contributed by atoms with Crippen LogP contribution in [-0.4, -0.2) is 37.0 Å². The maximum absolute atomic E-state index is 10.7. The fourth-order valence-electron chi connectivity index (χ4n) is 1.98. The number of tetrazole rings is 1. The van der Waals surface area contributed by atoms with E-state index >= 15 is 0 Å². The smallest absolute Gasteiger partial charge is 0.313 e. The molecule has 8 heteroatoms. The molecule has 21 heavy (non-hydrogen) atoms. The summed E-state index contributed by atoms with van der Waals surface area (Å²) in [6.45, 7) is 0.